The zero-order chi connectivity index (χ0) is 18.4. The number of benzene rings is 1. The molecule has 0 aliphatic heterocycles. The SMILES string of the molecule is COC(=O)c1ccc(Nc2ccc(C(=O)NC3CCCCC3)nc2)cc1. The van der Waals surface area contributed by atoms with E-state index in [2.05, 4.69) is 20.4 Å². The second-order valence-electron chi connectivity index (χ2n) is 6.43. The lowest BCUT2D eigenvalue weighted by Gasteiger charge is -2.22. The molecule has 1 aliphatic rings. The van der Waals surface area contributed by atoms with Gasteiger partial charge in [0.25, 0.3) is 5.91 Å². The summed E-state index contributed by atoms with van der Waals surface area (Å²) in [6.45, 7) is 0. The fraction of sp³-hybridized carbons (Fsp3) is 0.350. The molecule has 1 aliphatic carbocycles. The highest BCUT2D eigenvalue weighted by Gasteiger charge is 2.17. The van der Waals surface area contributed by atoms with Crippen molar-refractivity contribution in [1.29, 1.82) is 0 Å². The first-order valence-corrected chi connectivity index (χ1v) is 8.88. The minimum Gasteiger partial charge on any atom is -0.465 e. The van der Waals surface area contributed by atoms with E-state index in [0.717, 1.165) is 24.2 Å². The van der Waals surface area contributed by atoms with Crippen LogP contribution in [0.4, 0.5) is 11.4 Å². The van der Waals surface area contributed by atoms with Gasteiger partial charge in [0.1, 0.15) is 5.69 Å². The highest BCUT2D eigenvalue weighted by atomic mass is 16.5. The number of esters is 1. The number of carbonyl (C=O) groups is 2. The molecule has 6 nitrogen and oxygen atoms in total. The van der Waals surface area contributed by atoms with Gasteiger partial charge in [-0.15, -0.1) is 0 Å². The van der Waals surface area contributed by atoms with Crippen LogP contribution in [0.3, 0.4) is 0 Å². The van der Waals surface area contributed by atoms with Crippen LogP contribution in [0, 0.1) is 0 Å². The first-order valence-electron chi connectivity index (χ1n) is 8.88. The van der Waals surface area contributed by atoms with Crippen LogP contribution in [-0.4, -0.2) is 30.0 Å². The number of pyridine rings is 1. The monoisotopic (exact) mass is 353 g/mol. The molecule has 1 heterocycles. The summed E-state index contributed by atoms with van der Waals surface area (Å²) in [5.41, 5.74) is 2.50. The Balaban J connectivity index is 1.58. The molecule has 26 heavy (non-hydrogen) atoms. The van der Waals surface area contributed by atoms with Gasteiger partial charge in [-0.05, 0) is 49.2 Å². The number of rotatable bonds is 5. The maximum atomic E-state index is 12.3. The maximum Gasteiger partial charge on any atom is 0.337 e. The molecule has 1 aromatic heterocycles. The van der Waals surface area contributed by atoms with Crippen molar-refractivity contribution in [3.63, 3.8) is 0 Å². The first kappa shape index (κ1) is 17.9. The highest BCUT2D eigenvalue weighted by molar-refractivity contribution is 5.92. The van der Waals surface area contributed by atoms with Gasteiger partial charge in [0.05, 0.1) is 24.6 Å². The van der Waals surface area contributed by atoms with E-state index in [4.69, 9.17) is 0 Å². The number of aromatic nitrogens is 1. The van der Waals surface area contributed by atoms with E-state index in [9.17, 15) is 9.59 Å². The topological polar surface area (TPSA) is 80.3 Å². The molecule has 0 unspecified atom stereocenters. The Bertz CT molecular complexity index is 751. The van der Waals surface area contributed by atoms with Crippen LogP contribution in [0.1, 0.15) is 53.0 Å². The summed E-state index contributed by atoms with van der Waals surface area (Å²) in [6, 6.07) is 10.7. The predicted octanol–water partition coefficient (Wildman–Crippen LogP) is 3.67. The Morgan fingerprint density at radius 3 is 2.31 bits per heavy atom. The van der Waals surface area contributed by atoms with Crippen LogP contribution < -0.4 is 10.6 Å². The molecule has 2 aromatic rings. The van der Waals surface area contributed by atoms with Gasteiger partial charge in [-0.2, -0.15) is 0 Å². The number of hydrogen-bond donors (Lipinski definition) is 2. The van der Waals surface area contributed by atoms with E-state index in [1.807, 2.05) is 6.07 Å². The molecule has 1 fully saturated rings. The fourth-order valence-electron chi connectivity index (χ4n) is 3.08. The van der Waals surface area contributed by atoms with Crippen molar-refractivity contribution in [3.8, 4) is 0 Å². The second-order valence-corrected chi connectivity index (χ2v) is 6.43. The third-order valence-electron chi connectivity index (χ3n) is 4.53. The van der Waals surface area contributed by atoms with Crippen LogP contribution in [-0.2, 0) is 4.74 Å². The molecule has 0 spiro atoms. The molecule has 6 heteroatoms. The van der Waals surface area contributed by atoms with Crippen LogP contribution >= 0.6 is 0 Å². The molecular formula is C20H23N3O3. The van der Waals surface area contributed by atoms with E-state index in [1.165, 1.54) is 26.4 Å². The molecule has 1 aromatic carbocycles. The summed E-state index contributed by atoms with van der Waals surface area (Å²) in [7, 11) is 1.35. The maximum absolute atomic E-state index is 12.3. The lowest BCUT2D eigenvalue weighted by atomic mass is 9.95. The molecule has 3 rings (SSSR count). The quantitative estimate of drug-likeness (QED) is 0.802. The molecule has 0 bridgehead atoms. The van der Waals surface area contributed by atoms with E-state index in [1.54, 1.807) is 36.5 Å². The molecular weight excluding hydrogens is 330 g/mol. The Kier molecular flexibility index (Phi) is 5.84. The summed E-state index contributed by atoms with van der Waals surface area (Å²) in [4.78, 5) is 28.0. The molecule has 0 atom stereocenters. The third kappa shape index (κ3) is 4.59. The molecule has 0 radical (unpaired) electrons. The summed E-state index contributed by atoms with van der Waals surface area (Å²) >= 11 is 0. The number of hydrogen-bond acceptors (Lipinski definition) is 5. The number of ether oxygens (including phenoxy) is 1. The van der Waals surface area contributed by atoms with Gasteiger partial charge in [0.2, 0.25) is 0 Å². The van der Waals surface area contributed by atoms with Crippen LogP contribution in [0.5, 0.6) is 0 Å². The van der Waals surface area contributed by atoms with Gasteiger partial charge in [-0.1, -0.05) is 19.3 Å². The molecule has 2 N–H and O–H groups in total. The van der Waals surface area contributed by atoms with E-state index < -0.39 is 0 Å². The number of nitrogens with one attached hydrogen (secondary N) is 2. The van der Waals surface area contributed by atoms with Crippen molar-refractivity contribution in [1.82, 2.24) is 10.3 Å². The average molecular weight is 353 g/mol. The highest BCUT2D eigenvalue weighted by Crippen LogP contribution is 2.19. The summed E-state index contributed by atoms with van der Waals surface area (Å²) in [5.74, 6) is -0.488. The Labute approximate surface area is 153 Å². The minimum absolute atomic E-state index is 0.120. The van der Waals surface area contributed by atoms with Crippen LogP contribution in [0.15, 0.2) is 42.6 Å². The number of anilines is 2. The minimum atomic E-state index is -0.369. The Morgan fingerprint density at radius 2 is 1.69 bits per heavy atom. The van der Waals surface area contributed by atoms with Crippen molar-refractivity contribution in [2.24, 2.45) is 0 Å². The number of methoxy groups -OCH3 is 1. The molecule has 1 amide bonds. The first-order chi connectivity index (χ1) is 12.7. The van der Waals surface area contributed by atoms with Crippen molar-refractivity contribution in [2.75, 3.05) is 12.4 Å². The average Bonchev–Trinajstić information content (AvgIpc) is 2.69. The lowest BCUT2D eigenvalue weighted by Crippen LogP contribution is -2.36. The lowest BCUT2D eigenvalue weighted by molar-refractivity contribution is 0.0600. The predicted molar refractivity (Wildman–Crippen MR) is 99.6 cm³/mol. The van der Waals surface area contributed by atoms with Crippen molar-refractivity contribution >= 4 is 23.3 Å². The van der Waals surface area contributed by atoms with E-state index in [-0.39, 0.29) is 17.9 Å². The summed E-state index contributed by atoms with van der Waals surface area (Å²) in [5, 5.41) is 6.25. The molecule has 0 saturated heterocycles. The number of amides is 1. The van der Waals surface area contributed by atoms with Crippen LogP contribution in [0.25, 0.3) is 0 Å². The van der Waals surface area contributed by atoms with Crippen molar-refractivity contribution < 1.29 is 14.3 Å². The zero-order valence-electron chi connectivity index (χ0n) is 14.8. The van der Waals surface area contributed by atoms with Gasteiger partial charge >= 0.3 is 5.97 Å². The normalized spacial score (nSPS) is 14.5. The van der Waals surface area contributed by atoms with Gasteiger partial charge in [-0.3, -0.25) is 4.79 Å². The summed E-state index contributed by atoms with van der Waals surface area (Å²) in [6.07, 6.45) is 7.33. The van der Waals surface area contributed by atoms with Gasteiger partial charge in [-0.25, -0.2) is 9.78 Å². The van der Waals surface area contributed by atoms with Crippen LogP contribution in [0.2, 0.25) is 0 Å². The number of nitrogens with zero attached hydrogens (tertiary/aromatic N) is 1. The standard InChI is InChI=1S/C20H23N3O3/c1-26-20(25)14-7-9-16(10-8-14)22-17-11-12-18(21-13-17)19(24)23-15-5-3-2-4-6-15/h7-13,15,22H,2-6H2,1H3,(H,23,24). The van der Waals surface area contributed by atoms with Gasteiger partial charge in [0, 0.05) is 11.7 Å². The van der Waals surface area contributed by atoms with Gasteiger partial charge < -0.3 is 15.4 Å². The fourth-order valence-corrected chi connectivity index (χ4v) is 3.08. The van der Waals surface area contributed by atoms with E-state index >= 15 is 0 Å². The molecule has 1 saturated carbocycles. The zero-order valence-corrected chi connectivity index (χ0v) is 14.8. The van der Waals surface area contributed by atoms with E-state index in [0.29, 0.717) is 11.3 Å². The molecule has 136 valence electrons. The van der Waals surface area contributed by atoms with Gasteiger partial charge in [0.15, 0.2) is 0 Å². The van der Waals surface area contributed by atoms with Crippen molar-refractivity contribution in [3.05, 3.63) is 53.9 Å². The Morgan fingerprint density at radius 1 is 1.00 bits per heavy atom. The largest absolute Gasteiger partial charge is 0.465 e. The number of carbonyl (C=O) groups excluding carboxylic acids is 2. The summed E-state index contributed by atoms with van der Waals surface area (Å²) < 4.78 is 4.68. The smallest absolute Gasteiger partial charge is 0.337 e. The third-order valence-corrected chi connectivity index (χ3v) is 4.53. The second kappa shape index (κ2) is 8.47. The Hall–Kier alpha value is -2.89. The van der Waals surface area contributed by atoms with Crippen molar-refractivity contribution in [2.45, 2.75) is 38.1 Å².